The number of imidazole rings is 2. The Morgan fingerprint density at radius 3 is 1.66 bits per heavy atom. The van der Waals surface area contributed by atoms with Gasteiger partial charge in [0, 0.05) is 25.0 Å². The van der Waals surface area contributed by atoms with Crippen LogP contribution >= 0.6 is 0 Å². The summed E-state index contributed by atoms with van der Waals surface area (Å²) < 4.78 is 45.5. The summed E-state index contributed by atoms with van der Waals surface area (Å²) in [6, 6.07) is 13.2. The number of nitrogens with zero attached hydrogens (tertiary/aromatic N) is 5. The van der Waals surface area contributed by atoms with Crippen LogP contribution in [0.5, 0.6) is 0 Å². The average Bonchev–Trinajstić information content (AvgIpc) is 4.11. The molecule has 6 atom stereocenters. The molecule has 65 heavy (non-hydrogen) atoms. The molecule has 0 unspecified atom stereocenters. The first-order valence-electron chi connectivity index (χ1n) is 22.2. The van der Waals surface area contributed by atoms with Gasteiger partial charge in [-0.2, -0.15) is 0 Å². The van der Waals surface area contributed by atoms with Gasteiger partial charge in [-0.15, -0.1) is 0 Å². The van der Waals surface area contributed by atoms with Crippen molar-refractivity contribution in [1.82, 2.24) is 40.4 Å². The smallest absolute Gasteiger partial charge is 0.407 e. The first-order chi connectivity index (χ1) is 30.9. The maximum Gasteiger partial charge on any atom is 0.407 e. The van der Waals surface area contributed by atoms with Gasteiger partial charge < -0.3 is 45.1 Å². The first kappa shape index (κ1) is 45.3. The Morgan fingerprint density at radius 1 is 0.738 bits per heavy atom. The highest BCUT2D eigenvalue weighted by molar-refractivity contribution is 7.90. The Labute approximate surface area is 376 Å². The minimum absolute atomic E-state index is 0.178. The van der Waals surface area contributed by atoms with Gasteiger partial charge in [-0.05, 0) is 104 Å². The number of alkyl carbamates (subject to hydrolysis) is 1. The summed E-state index contributed by atoms with van der Waals surface area (Å²) >= 11 is 0. The number of hydrogen-bond acceptors (Lipinski definition) is 10. The maximum absolute atomic E-state index is 15.7. The second-order valence-electron chi connectivity index (χ2n) is 18.1. The van der Waals surface area contributed by atoms with Gasteiger partial charge in [-0.25, -0.2) is 32.4 Å². The number of likely N-dealkylation sites (tertiary alicyclic amines) is 2. The topological polar surface area (TPSA) is 223 Å². The Bertz CT molecular complexity index is 2760. The monoisotopic (exact) mass is 913 g/mol. The molecule has 346 valence electrons. The van der Waals surface area contributed by atoms with E-state index in [0.29, 0.717) is 67.1 Å². The van der Waals surface area contributed by atoms with Gasteiger partial charge in [0.15, 0.2) is 9.84 Å². The van der Waals surface area contributed by atoms with E-state index in [-0.39, 0.29) is 52.7 Å². The lowest BCUT2D eigenvalue weighted by Gasteiger charge is -2.33. The van der Waals surface area contributed by atoms with E-state index in [4.69, 9.17) is 14.7 Å². The van der Waals surface area contributed by atoms with Crippen molar-refractivity contribution in [3.63, 3.8) is 0 Å². The van der Waals surface area contributed by atoms with E-state index >= 15 is 4.39 Å². The minimum Gasteiger partial charge on any atom is -0.465 e. The Morgan fingerprint density at radius 2 is 1.23 bits per heavy atom. The van der Waals surface area contributed by atoms with Crippen LogP contribution in [0.3, 0.4) is 0 Å². The molecule has 0 spiro atoms. The zero-order chi connectivity index (χ0) is 46.5. The fourth-order valence-corrected chi connectivity index (χ4v) is 10.7. The van der Waals surface area contributed by atoms with Crippen LogP contribution in [-0.4, -0.2) is 106 Å². The van der Waals surface area contributed by atoms with Crippen LogP contribution < -0.4 is 15.5 Å². The van der Waals surface area contributed by atoms with E-state index in [9.17, 15) is 32.7 Å². The zero-order valence-corrected chi connectivity index (χ0v) is 38.1. The molecule has 5 aromatic rings. The molecule has 2 aromatic heterocycles. The van der Waals surface area contributed by atoms with Crippen LogP contribution in [-0.2, 0) is 24.2 Å². The molecule has 0 aliphatic carbocycles. The molecule has 3 fully saturated rings. The van der Waals surface area contributed by atoms with E-state index in [1.165, 1.54) is 19.2 Å². The number of aromatic amines is 2. The zero-order valence-electron chi connectivity index (χ0n) is 37.3. The summed E-state index contributed by atoms with van der Waals surface area (Å²) in [6.07, 6.45) is 3.26. The number of anilines is 1. The highest BCUT2D eigenvalue weighted by Crippen LogP contribution is 2.48. The van der Waals surface area contributed by atoms with E-state index < -0.39 is 39.9 Å². The lowest BCUT2D eigenvalue weighted by molar-refractivity contribution is -0.136. The van der Waals surface area contributed by atoms with E-state index in [2.05, 4.69) is 25.5 Å². The largest absolute Gasteiger partial charge is 0.465 e. The lowest BCUT2D eigenvalue weighted by Crippen LogP contribution is -2.51. The van der Waals surface area contributed by atoms with Crippen molar-refractivity contribution < 1.29 is 41.8 Å². The fourth-order valence-electron chi connectivity index (χ4n) is 9.93. The van der Waals surface area contributed by atoms with Crippen molar-refractivity contribution in [2.75, 3.05) is 31.4 Å². The van der Waals surface area contributed by atoms with Crippen molar-refractivity contribution in [2.45, 2.75) is 107 Å². The Balaban J connectivity index is 1.11. The number of methoxy groups -OCH3 is 1. The Kier molecular flexibility index (Phi) is 12.5. The number of halogens is 1. The standard InChI is InChI=1S/C46H56FN9O8S/c1-24(2)39(52-45(59)60)43(57)54-19-7-9-36(54)41-48-30-14-11-26(21-32(30)50-41)34-16-17-35(56(34)28-13-18-38(29(47)23-28)65(6,62)63)27-12-15-31-33(22-27)51-42(49-31)37-10-8-20-55(37)44(58)40(25(3)4)53-46(61)64-5/h11-15,18,21-25,34-37,39-40,52H,7-10,16-17,19-20H2,1-6H3,(H,48,50)(H,49,51)(H,53,61)(H,59,60)/t34-,35-,36+,37+,39+,40+/m1/s1. The van der Waals surface area contributed by atoms with Gasteiger partial charge >= 0.3 is 12.2 Å². The number of fused-ring (bicyclic) bond motifs is 2. The highest BCUT2D eigenvalue weighted by Gasteiger charge is 2.41. The number of H-pyrrole nitrogens is 2. The number of benzene rings is 3. The molecule has 0 bridgehead atoms. The predicted octanol–water partition coefficient (Wildman–Crippen LogP) is 7.06. The van der Waals surface area contributed by atoms with Gasteiger partial charge in [-0.3, -0.25) is 9.59 Å². The van der Waals surface area contributed by atoms with Crippen LogP contribution in [0.4, 0.5) is 19.7 Å². The molecule has 0 radical (unpaired) electrons. The number of carbonyl (C=O) groups is 4. The fraction of sp³-hybridized carbons (Fsp3) is 0.478. The molecule has 5 heterocycles. The highest BCUT2D eigenvalue weighted by atomic mass is 32.2. The van der Waals surface area contributed by atoms with Crippen molar-refractivity contribution in [2.24, 2.45) is 11.8 Å². The molecular weight excluding hydrogens is 858 g/mol. The van der Waals surface area contributed by atoms with Crippen LogP contribution in [0.25, 0.3) is 22.1 Å². The molecular formula is C46H56FN9O8S. The molecule has 3 aliphatic rings. The lowest BCUT2D eigenvalue weighted by atomic mass is 10.0. The molecule has 3 aliphatic heterocycles. The van der Waals surface area contributed by atoms with Gasteiger partial charge in [0.05, 0.1) is 53.3 Å². The predicted molar refractivity (Wildman–Crippen MR) is 240 cm³/mol. The van der Waals surface area contributed by atoms with Crippen molar-refractivity contribution in [3.8, 4) is 0 Å². The number of ether oxygens (including phenoxy) is 1. The number of carboxylic acid groups (broad SMARTS) is 1. The number of rotatable bonds is 12. The molecule has 3 aromatic carbocycles. The summed E-state index contributed by atoms with van der Waals surface area (Å²) in [6.45, 7) is 8.33. The molecule has 4 amide bonds. The number of aromatic nitrogens is 4. The normalized spacial score (nSPS) is 21.2. The third-order valence-corrected chi connectivity index (χ3v) is 14.3. The first-order valence-corrected chi connectivity index (χ1v) is 24.0. The van der Waals surface area contributed by atoms with Gasteiger partial charge in [-0.1, -0.05) is 39.8 Å². The second kappa shape index (κ2) is 18.0. The Hall–Kier alpha value is -6.24. The third kappa shape index (κ3) is 8.94. The third-order valence-electron chi connectivity index (χ3n) is 13.1. The van der Waals surface area contributed by atoms with Crippen LogP contribution in [0.1, 0.15) is 113 Å². The van der Waals surface area contributed by atoms with Crippen molar-refractivity contribution >= 4 is 61.6 Å². The molecule has 17 nitrogen and oxygen atoms in total. The van der Waals surface area contributed by atoms with Gasteiger partial charge in [0.25, 0.3) is 0 Å². The maximum atomic E-state index is 15.7. The minimum atomic E-state index is -3.83. The van der Waals surface area contributed by atoms with Crippen molar-refractivity contribution in [3.05, 3.63) is 83.2 Å². The average molecular weight is 914 g/mol. The van der Waals surface area contributed by atoms with Crippen LogP contribution in [0.15, 0.2) is 59.5 Å². The SMILES string of the molecule is COC(=O)N[C@H](C(=O)N1CCC[C@H]1c1nc2ccc([C@H]3CC[C@H](c4ccc5nc([C@@H]6CCCN6C(=O)[C@@H](NC(=O)O)C(C)C)[nH]c5c4)N3c3ccc(S(C)(=O)=O)c(F)c3)cc2[nH]1)C(C)C. The van der Waals surface area contributed by atoms with Crippen LogP contribution in [0.2, 0.25) is 0 Å². The second-order valence-corrected chi connectivity index (χ2v) is 20.1. The number of sulfone groups is 1. The summed E-state index contributed by atoms with van der Waals surface area (Å²) in [7, 11) is -2.57. The van der Waals surface area contributed by atoms with Gasteiger partial charge in [0.1, 0.15) is 34.4 Å². The van der Waals surface area contributed by atoms with Crippen LogP contribution in [0, 0.1) is 17.7 Å². The summed E-state index contributed by atoms with van der Waals surface area (Å²) in [4.78, 5) is 73.2. The summed E-state index contributed by atoms with van der Waals surface area (Å²) in [5, 5.41) is 14.5. The van der Waals surface area contributed by atoms with Crippen molar-refractivity contribution in [1.29, 1.82) is 0 Å². The molecule has 0 saturated carbocycles. The number of hydrogen-bond donors (Lipinski definition) is 5. The summed E-state index contributed by atoms with van der Waals surface area (Å²) in [5.41, 5.74) is 5.27. The molecule has 19 heteroatoms. The number of amides is 4. The molecule has 5 N–H and O–H groups in total. The number of carbonyl (C=O) groups excluding carboxylic acids is 3. The van der Waals surface area contributed by atoms with E-state index in [1.54, 1.807) is 29.7 Å². The van der Waals surface area contributed by atoms with Gasteiger partial charge in [0.2, 0.25) is 11.8 Å². The van der Waals surface area contributed by atoms with E-state index in [1.807, 2.05) is 50.2 Å². The van der Waals surface area contributed by atoms with E-state index in [0.717, 1.165) is 41.3 Å². The molecule has 3 saturated heterocycles. The number of nitrogens with one attached hydrogen (secondary N) is 4. The summed E-state index contributed by atoms with van der Waals surface area (Å²) in [5.74, 6) is -0.537. The quantitative estimate of drug-likeness (QED) is 0.0852. The molecule has 8 rings (SSSR count).